The Balaban J connectivity index is 1.91. The van der Waals surface area contributed by atoms with Crippen molar-refractivity contribution < 1.29 is 27.8 Å². The highest BCUT2D eigenvalue weighted by molar-refractivity contribution is 7.93. The first-order valence-corrected chi connectivity index (χ1v) is 8.51. The number of rotatable bonds is 5. The van der Waals surface area contributed by atoms with Gasteiger partial charge in [0.2, 0.25) is 6.79 Å². The summed E-state index contributed by atoms with van der Waals surface area (Å²) in [6.07, 6.45) is 0. The summed E-state index contributed by atoms with van der Waals surface area (Å²) in [6.45, 7) is -0.654. The Morgan fingerprint density at radius 2 is 2.05 bits per heavy atom. The van der Waals surface area contributed by atoms with Crippen molar-refractivity contribution in [1.82, 2.24) is 0 Å². The number of benzene rings is 1. The van der Waals surface area contributed by atoms with Crippen molar-refractivity contribution in [2.24, 2.45) is 0 Å². The van der Waals surface area contributed by atoms with E-state index in [0.29, 0.717) is 11.5 Å². The summed E-state index contributed by atoms with van der Waals surface area (Å²) in [6, 6.07) is 5.95. The lowest BCUT2D eigenvalue weighted by Gasteiger charge is -2.08. The molecule has 22 heavy (non-hydrogen) atoms. The number of carbonyl (C=O) groups excluding carboxylic acids is 1. The molecular weight excluding hydrogens is 330 g/mol. The summed E-state index contributed by atoms with van der Waals surface area (Å²) in [7, 11) is -3.94. The molecule has 2 N–H and O–H groups in total. The van der Waals surface area contributed by atoms with E-state index < -0.39 is 22.4 Å². The number of nitrogens with one attached hydrogen (secondary N) is 1. The maximum Gasteiger partial charge on any atom is 0.263 e. The molecule has 0 aliphatic carbocycles. The summed E-state index contributed by atoms with van der Waals surface area (Å²) in [5.41, 5.74) is 0.290. The minimum absolute atomic E-state index is 0.00394. The Morgan fingerprint density at radius 1 is 1.27 bits per heavy atom. The van der Waals surface area contributed by atoms with Gasteiger partial charge < -0.3 is 14.6 Å². The molecule has 1 aliphatic rings. The molecule has 0 saturated carbocycles. The van der Waals surface area contributed by atoms with Crippen LogP contribution in [0.25, 0.3) is 0 Å². The quantitative estimate of drug-likeness (QED) is 0.798. The van der Waals surface area contributed by atoms with E-state index in [9.17, 15) is 13.2 Å². The number of fused-ring (bicyclic) bond motifs is 1. The third-order valence-corrected chi connectivity index (χ3v) is 5.45. The minimum Gasteiger partial charge on any atom is -0.454 e. The van der Waals surface area contributed by atoms with Crippen LogP contribution in [0, 0.1) is 0 Å². The maximum absolute atomic E-state index is 12.4. The van der Waals surface area contributed by atoms with Gasteiger partial charge in [0.25, 0.3) is 10.0 Å². The molecule has 0 amide bonds. The fourth-order valence-corrected chi connectivity index (χ4v) is 4.39. The van der Waals surface area contributed by atoms with Crippen LogP contribution in [0.3, 0.4) is 0 Å². The van der Waals surface area contributed by atoms with E-state index in [1.807, 2.05) is 0 Å². The predicted octanol–water partition coefficient (Wildman–Crippen LogP) is 1.45. The molecule has 0 saturated heterocycles. The zero-order valence-electron chi connectivity index (χ0n) is 11.1. The average molecular weight is 341 g/mol. The lowest BCUT2D eigenvalue weighted by molar-refractivity contribution is 0.0905. The number of anilines is 1. The Kier molecular flexibility index (Phi) is 3.77. The number of aliphatic hydroxyl groups excluding tert-OH is 1. The zero-order valence-corrected chi connectivity index (χ0v) is 12.7. The van der Waals surface area contributed by atoms with Crippen LogP contribution in [0.5, 0.6) is 11.5 Å². The van der Waals surface area contributed by atoms with Crippen molar-refractivity contribution in [2.75, 3.05) is 18.1 Å². The fourth-order valence-electron chi connectivity index (χ4n) is 1.95. The highest BCUT2D eigenvalue weighted by Gasteiger charge is 2.24. The number of thiophene rings is 1. The first kappa shape index (κ1) is 14.8. The van der Waals surface area contributed by atoms with Gasteiger partial charge in [-0.1, -0.05) is 0 Å². The molecule has 0 bridgehead atoms. The molecule has 0 radical (unpaired) electrons. The molecule has 116 valence electrons. The number of hydrogen-bond acceptors (Lipinski definition) is 7. The van der Waals surface area contributed by atoms with E-state index >= 15 is 0 Å². The van der Waals surface area contributed by atoms with Crippen molar-refractivity contribution >= 4 is 32.8 Å². The first-order valence-electron chi connectivity index (χ1n) is 6.15. The average Bonchev–Trinajstić information content (AvgIpc) is 3.14. The van der Waals surface area contributed by atoms with Gasteiger partial charge in [-0.3, -0.25) is 9.52 Å². The molecule has 1 aliphatic heterocycles. The lowest BCUT2D eigenvalue weighted by Crippen LogP contribution is -2.16. The summed E-state index contributed by atoms with van der Waals surface area (Å²) in [5, 5.41) is 10.4. The van der Waals surface area contributed by atoms with Gasteiger partial charge in [-0.2, -0.15) is 0 Å². The number of Topliss-reactive ketones (excluding diaryl/α,β-unsaturated/α-hetero) is 1. The van der Waals surface area contributed by atoms with Crippen molar-refractivity contribution in [1.29, 1.82) is 0 Å². The van der Waals surface area contributed by atoms with Gasteiger partial charge in [-0.25, -0.2) is 8.42 Å². The van der Waals surface area contributed by atoms with Crippen LogP contribution in [0.15, 0.2) is 34.5 Å². The Hall–Kier alpha value is -2.10. The third-order valence-electron chi connectivity index (χ3n) is 2.94. The van der Waals surface area contributed by atoms with Gasteiger partial charge >= 0.3 is 0 Å². The second-order valence-corrected chi connectivity index (χ2v) is 6.94. The van der Waals surface area contributed by atoms with Gasteiger partial charge in [0.05, 0.1) is 10.6 Å². The first-order chi connectivity index (χ1) is 10.5. The molecule has 0 unspecified atom stereocenters. The van der Waals surface area contributed by atoms with Crippen LogP contribution < -0.4 is 14.2 Å². The normalized spacial score (nSPS) is 13.1. The predicted molar refractivity (Wildman–Crippen MR) is 79.1 cm³/mol. The summed E-state index contributed by atoms with van der Waals surface area (Å²) in [5.74, 6) is 0.341. The largest absolute Gasteiger partial charge is 0.454 e. The summed E-state index contributed by atoms with van der Waals surface area (Å²) < 4.78 is 37.5. The van der Waals surface area contributed by atoms with Gasteiger partial charge in [0.15, 0.2) is 17.3 Å². The van der Waals surface area contributed by atoms with E-state index in [1.54, 1.807) is 6.07 Å². The van der Waals surface area contributed by atoms with Crippen molar-refractivity contribution in [3.05, 3.63) is 34.5 Å². The maximum atomic E-state index is 12.4. The molecule has 1 aromatic carbocycles. The van der Waals surface area contributed by atoms with Crippen LogP contribution >= 0.6 is 11.3 Å². The monoisotopic (exact) mass is 341 g/mol. The highest BCUT2D eigenvalue weighted by atomic mass is 32.2. The molecule has 0 fully saturated rings. The van der Waals surface area contributed by atoms with Crippen LogP contribution in [0.4, 0.5) is 5.69 Å². The smallest absolute Gasteiger partial charge is 0.263 e. The fraction of sp³-hybridized carbons (Fsp3) is 0.154. The Bertz CT molecular complexity index is 827. The number of aliphatic hydroxyl groups is 1. The minimum atomic E-state index is -3.94. The molecule has 0 atom stereocenters. The van der Waals surface area contributed by atoms with Crippen molar-refractivity contribution in [3.8, 4) is 11.5 Å². The lowest BCUT2D eigenvalue weighted by atomic mass is 10.3. The Labute approximate surface area is 130 Å². The van der Waals surface area contributed by atoms with Crippen LogP contribution in [-0.2, 0) is 10.0 Å². The molecule has 1 aromatic heterocycles. The Morgan fingerprint density at radius 3 is 2.82 bits per heavy atom. The number of ether oxygens (including phenoxy) is 2. The standard InChI is InChI=1S/C13H11NO6S2/c15-6-9(16)13-12(3-4-21-13)22(17,18)14-8-1-2-10-11(5-8)20-7-19-10/h1-5,14-15H,6-7H2. The van der Waals surface area contributed by atoms with Crippen molar-refractivity contribution in [2.45, 2.75) is 4.90 Å². The zero-order chi connectivity index (χ0) is 15.7. The van der Waals surface area contributed by atoms with E-state index in [2.05, 4.69) is 4.72 Å². The molecule has 3 rings (SSSR count). The third kappa shape index (κ3) is 2.65. The molecular formula is C13H11NO6S2. The number of hydrogen-bond donors (Lipinski definition) is 2. The van der Waals surface area contributed by atoms with E-state index in [1.165, 1.54) is 23.6 Å². The molecule has 0 spiro atoms. The number of sulfonamides is 1. The SMILES string of the molecule is O=C(CO)c1sccc1S(=O)(=O)Nc1ccc2c(c1)OCO2. The summed E-state index contributed by atoms with van der Waals surface area (Å²) in [4.78, 5) is 11.4. The molecule has 2 aromatic rings. The van der Waals surface area contributed by atoms with Crippen LogP contribution in [-0.4, -0.2) is 32.7 Å². The topological polar surface area (TPSA) is 102 Å². The van der Waals surface area contributed by atoms with Gasteiger partial charge in [-0.05, 0) is 23.6 Å². The van der Waals surface area contributed by atoms with Gasteiger partial charge in [-0.15, -0.1) is 11.3 Å². The van der Waals surface area contributed by atoms with E-state index in [4.69, 9.17) is 14.6 Å². The van der Waals surface area contributed by atoms with Gasteiger partial charge in [0.1, 0.15) is 11.5 Å². The second kappa shape index (κ2) is 5.59. The second-order valence-electron chi connectivity index (χ2n) is 4.37. The highest BCUT2D eigenvalue weighted by Crippen LogP contribution is 2.35. The molecule has 7 nitrogen and oxygen atoms in total. The van der Waals surface area contributed by atoms with Crippen LogP contribution in [0.2, 0.25) is 0 Å². The number of ketones is 1. The number of carbonyl (C=O) groups is 1. The summed E-state index contributed by atoms with van der Waals surface area (Å²) >= 11 is 0.966. The molecule has 9 heteroatoms. The van der Waals surface area contributed by atoms with E-state index in [0.717, 1.165) is 11.3 Å². The van der Waals surface area contributed by atoms with Gasteiger partial charge in [0, 0.05) is 6.07 Å². The molecule has 2 heterocycles. The van der Waals surface area contributed by atoms with Crippen molar-refractivity contribution in [3.63, 3.8) is 0 Å². The van der Waals surface area contributed by atoms with Crippen LogP contribution in [0.1, 0.15) is 9.67 Å². The van der Waals surface area contributed by atoms with E-state index in [-0.39, 0.29) is 22.3 Å².